The normalized spacial score (nSPS) is 23.2. The first-order valence-corrected chi connectivity index (χ1v) is 5.75. The van der Waals surface area contributed by atoms with Gasteiger partial charge in [-0.25, -0.2) is 0 Å². The van der Waals surface area contributed by atoms with Gasteiger partial charge in [-0.1, -0.05) is 30.4 Å². The molecule has 2 rings (SSSR count). The number of carbonyl (C=O) groups excluding carboxylic acids is 1. The molecule has 0 saturated carbocycles. The average Bonchev–Trinajstić information content (AvgIpc) is 2.30. The minimum Gasteiger partial charge on any atom is -0.483 e. The van der Waals surface area contributed by atoms with Gasteiger partial charge in [0.15, 0.2) is 11.9 Å². The molecule has 2 heteroatoms. The summed E-state index contributed by atoms with van der Waals surface area (Å²) in [4.78, 5) is 11.8. The molecule has 16 heavy (non-hydrogen) atoms. The summed E-state index contributed by atoms with van der Waals surface area (Å²) in [5, 5.41) is 0. The summed E-state index contributed by atoms with van der Waals surface area (Å²) in [7, 11) is 0. The van der Waals surface area contributed by atoms with Crippen molar-refractivity contribution in [2.24, 2.45) is 0 Å². The maximum absolute atomic E-state index is 11.8. The van der Waals surface area contributed by atoms with Gasteiger partial charge in [0.05, 0.1) is 0 Å². The Labute approximate surface area is 95.9 Å². The molecular weight excluding hydrogens is 200 g/mol. The van der Waals surface area contributed by atoms with Crippen molar-refractivity contribution in [1.29, 1.82) is 0 Å². The SMILES string of the molecule is O=C1CC/C=C\CC[C@H]1Oc1ccccc1. The summed E-state index contributed by atoms with van der Waals surface area (Å²) in [5.74, 6) is 0.999. The molecule has 1 aromatic carbocycles. The Morgan fingerprint density at radius 3 is 2.62 bits per heavy atom. The highest BCUT2D eigenvalue weighted by molar-refractivity contribution is 5.83. The van der Waals surface area contributed by atoms with E-state index in [0.29, 0.717) is 6.42 Å². The van der Waals surface area contributed by atoms with Crippen LogP contribution in [-0.4, -0.2) is 11.9 Å². The minimum atomic E-state index is -0.271. The number of ether oxygens (including phenoxy) is 1. The van der Waals surface area contributed by atoms with Crippen molar-refractivity contribution >= 4 is 5.78 Å². The third-order valence-electron chi connectivity index (χ3n) is 2.70. The molecule has 1 aliphatic rings. The van der Waals surface area contributed by atoms with E-state index in [4.69, 9.17) is 4.74 Å². The van der Waals surface area contributed by atoms with Crippen molar-refractivity contribution in [2.75, 3.05) is 0 Å². The Balaban J connectivity index is 2.02. The van der Waals surface area contributed by atoms with Crippen LogP contribution in [0.25, 0.3) is 0 Å². The van der Waals surface area contributed by atoms with Crippen LogP contribution in [0.2, 0.25) is 0 Å². The highest BCUT2D eigenvalue weighted by atomic mass is 16.5. The van der Waals surface area contributed by atoms with Gasteiger partial charge in [-0.05, 0) is 31.4 Å². The summed E-state index contributed by atoms with van der Waals surface area (Å²) < 4.78 is 5.72. The van der Waals surface area contributed by atoms with E-state index >= 15 is 0 Å². The second-order valence-corrected chi connectivity index (χ2v) is 3.97. The summed E-state index contributed by atoms with van der Waals surface area (Å²) in [6.07, 6.45) is 7.08. The van der Waals surface area contributed by atoms with Gasteiger partial charge in [0, 0.05) is 6.42 Å². The van der Waals surface area contributed by atoms with Gasteiger partial charge < -0.3 is 4.74 Å². The third kappa shape index (κ3) is 2.96. The third-order valence-corrected chi connectivity index (χ3v) is 2.70. The van der Waals surface area contributed by atoms with Crippen molar-refractivity contribution in [3.05, 3.63) is 42.5 Å². The molecule has 1 atom stereocenters. The Morgan fingerprint density at radius 1 is 1.06 bits per heavy atom. The smallest absolute Gasteiger partial charge is 0.173 e. The standard InChI is InChI=1S/C14H16O2/c15-13-10-6-1-2-7-11-14(13)16-12-8-4-3-5-9-12/h1-5,8-9,14H,6-7,10-11H2/b2-1-/t14-/m1/s1. The molecule has 0 amide bonds. The highest BCUT2D eigenvalue weighted by Gasteiger charge is 2.19. The van der Waals surface area contributed by atoms with E-state index in [0.717, 1.165) is 25.0 Å². The molecule has 0 heterocycles. The van der Waals surface area contributed by atoms with Gasteiger partial charge in [-0.15, -0.1) is 0 Å². The fourth-order valence-corrected chi connectivity index (χ4v) is 1.82. The molecule has 2 nitrogen and oxygen atoms in total. The van der Waals surface area contributed by atoms with Crippen molar-refractivity contribution in [2.45, 2.75) is 31.8 Å². The van der Waals surface area contributed by atoms with Crippen molar-refractivity contribution in [3.8, 4) is 5.75 Å². The zero-order chi connectivity index (χ0) is 11.2. The van der Waals surface area contributed by atoms with Crippen LogP contribution in [0.1, 0.15) is 25.7 Å². The van der Waals surface area contributed by atoms with Crippen LogP contribution < -0.4 is 4.74 Å². The number of ketones is 1. The second-order valence-electron chi connectivity index (χ2n) is 3.97. The van der Waals surface area contributed by atoms with Gasteiger partial charge >= 0.3 is 0 Å². The summed E-state index contributed by atoms with van der Waals surface area (Å²) in [5.41, 5.74) is 0. The zero-order valence-electron chi connectivity index (χ0n) is 9.26. The molecule has 0 spiro atoms. The molecule has 0 bridgehead atoms. The maximum Gasteiger partial charge on any atom is 0.173 e. The number of rotatable bonds is 2. The molecule has 0 radical (unpaired) electrons. The Kier molecular flexibility index (Phi) is 3.76. The van der Waals surface area contributed by atoms with Crippen LogP contribution in [0.4, 0.5) is 0 Å². The largest absolute Gasteiger partial charge is 0.483 e. The topological polar surface area (TPSA) is 26.3 Å². The molecule has 1 aliphatic carbocycles. The lowest BCUT2D eigenvalue weighted by molar-refractivity contribution is -0.126. The molecule has 1 aromatic rings. The Bertz CT molecular complexity index is 368. The lowest BCUT2D eigenvalue weighted by atomic mass is 10.0. The zero-order valence-corrected chi connectivity index (χ0v) is 9.26. The number of carbonyl (C=O) groups is 1. The first kappa shape index (κ1) is 10.9. The Morgan fingerprint density at radius 2 is 1.81 bits per heavy atom. The highest BCUT2D eigenvalue weighted by Crippen LogP contribution is 2.17. The first-order valence-electron chi connectivity index (χ1n) is 5.75. The van der Waals surface area contributed by atoms with Crippen LogP contribution in [0.5, 0.6) is 5.75 Å². The summed E-state index contributed by atoms with van der Waals surface area (Å²) in [6.45, 7) is 0. The monoisotopic (exact) mass is 216 g/mol. The molecule has 0 saturated heterocycles. The number of para-hydroxylation sites is 1. The second kappa shape index (κ2) is 5.50. The lowest BCUT2D eigenvalue weighted by Crippen LogP contribution is -2.27. The van der Waals surface area contributed by atoms with Crippen LogP contribution in [0.3, 0.4) is 0 Å². The molecule has 0 N–H and O–H groups in total. The van der Waals surface area contributed by atoms with Crippen LogP contribution >= 0.6 is 0 Å². The summed E-state index contributed by atoms with van der Waals surface area (Å²) >= 11 is 0. The van der Waals surface area contributed by atoms with Crippen molar-refractivity contribution < 1.29 is 9.53 Å². The van der Waals surface area contributed by atoms with Crippen molar-refractivity contribution in [3.63, 3.8) is 0 Å². The molecule has 0 unspecified atom stereocenters. The van der Waals surface area contributed by atoms with Gasteiger partial charge in [0.1, 0.15) is 5.75 Å². The van der Waals surface area contributed by atoms with E-state index in [1.165, 1.54) is 0 Å². The number of hydrogen-bond donors (Lipinski definition) is 0. The predicted molar refractivity (Wildman–Crippen MR) is 63.5 cm³/mol. The fourth-order valence-electron chi connectivity index (χ4n) is 1.82. The lowest BCUT2D eigenvalue weighted by Gasteiger charge is -2.18. The van der Waals surface area contributed by atoms with Gasteiger partial charge in [-0.3, -0.25) is 4.79 Å². The average molecular weight is 216 g/mol. The van der Waals surface area contributed by atoms with E-state index in [1.54, 1.807) is 0 Å². The van der Waals surface area contributed by atoms with Gasteiger partial charge in [0.2, 0.25) is 0 Å². The molecule has 0 aliphatic heterocycles. The first-order chi connectivity index (χ1) is 7.86. The quantitative estimate of drug-likeness (QED) is 0.710. The maximum atomic E-state index is 11.8. The minimum absolute atomic E-state index is 0.216. The number of allylic oxidation sites excluding steroid dienone is 2. The van der Waals surface area contributed by atoms with Crippen molar-refractivity contribution in [1.82, 2.24) is 0 Å². The van der Waals surface area contributed by atoms with Crippen LogP contribution in [-0.2, 0) is 4.79 Å². The number of Topliss-reactive ketones (excluding diaryl/α,β-unsaturated/α-hetero) is 1. The number of benzene rings is 1. The molecule has 0 aromatic heterocycles. The van der Waals surface area contributed by atoms with E-state index < -0.39 is 0 Å². The van der Waals surface area contributed by atoms with E-state index in [9.17, 15) is 4.79 Å². The van der Waals surface area contributed by atoms with Gasteiger partial charge in [0.25, 0.3) is 0 Å². The summed E-state index contributed by atoms with van der Waals surface area (Å²) in [6, 6.07) is 9.56. The van der Waals surface area contributed by atoms with E-state index in [-0.39, 0.29) is 11.9 Å². The molecule has 84 valence electrons. The Hall–Kier alpha value is -1.57. The van der Waals surface area contributed by atoms with Gasteiger partial charge in [-0.2, -0.15) is 0 Å². The molecular formula is C14H16O2. The number of hydrogen-bond acceptors (Lipinski definition) is 2. The predicted octanol–water partition coefficient (Wildman–Crippen LogP) is 3.13. The molecule has 0 fully saturated rings. The van der Waals surface area contributed by atoms with E-state index in [1.807, 2.05) is 30.3 Å². The fraction of sp³-hybridized carbons (Fsp3) is 0.357. The van der Waals surface area contributed by atoms with E-state index in [2.05, 4.69) is 12.2 Å². The van der Waals surface area contributed by atoms with Crippen LogP contribution in [0.15, 0.2) is 42.5 Å². The van der Waals surface area contributed by atoms with Crippen LogP contribution in [0, 0.1) is 0 Å².